The zero-order valence-electron chi connectivity index (χ0n) is 8.59. The van der Waals surface area contributed by atoms with Crippen LogP contribution < -0.4 is 0 Å². The van der Waals surface area contributed by atoms with Crippen LogP contribution >= 0.6 is 22.9 Å². The second-order valence-corrected chi connectivity index (χ2v) is 5.55. The molecule has 1 saturated carbocycles. The minimum atomic E-state index is -0.575. The second-order valence-electron chi connectivity index (χ2n) is 3.84. The van der Waals surface area contributed by atoms with E-state index in [0.717, 1.165) is 25.7 Å². The third-order valence-electron chi connectivity index (χ3n) is 3.01. The van der Waals surface area contributed by atoms with Crippen molar-refractivity contribution >= 4 is 28.7 Å². The minimum Gasteiger partial charge on any atom is -0.370 e. The van der Waals surface area contributed by atoms with Crippen LogP contribution in [0, 0.1) is 0 Å². The highest BCUT2D eigenvalue weighted by molar-refractivity contribution is 7.18. The van der Waals surface area contributed by atoms with Gasteiger partial charge in [-0.15, -0.1) is 11.3 Å². The molecule has 0 aliphatic heterocycles. The Morgan fingerprint density at radius 2 is 2.13 bits per heavy atom. The first kappa shape index (κ1) is 11.1. The highest BCUT2D eigenvalue weighted by atomic mass is 35.5. The average molecular weight is 245 g/mol. The van der Waals surface area contributed by atoms with Gasteiger partial charge in [-0.25, -0.2) is 0 Å². The maximum absolute atomic E-state index is 12.2. The molecule has 1 aromatic rings. The van der Waals surface area contributed by atoms with Crippen LogP contribution in [0.15, 0.2) is 12.1 Å². The summed E-state index contributed by atoms with van der Waals surface area (Å²) in [5.41, 5.74) is -0.575. The molecule has 82 valence electrons. The Bertz CT molecular complexity index is 366. The SMILES string of the molecule is COC1(C(=O)c2ccc(Cl)s2)CCCC1. The van der Waals surface area contributed by atoms with Crippen molar-refractivity contribution in [3.63, 3.8) is 0 Å². The molecule has 1 aliphatic carbocycles. The van der Waals surface area contributed by atoms with Gasteiger partial charge in [0.1, 0.15) is 5.60 Å². The smallest absolute Gasteiger partial charge is 0.204 e. The molecule has 1 heterocycles. The van der Waals surface area contributed by atoms with Crippen LogP contribution in [0.5, 0.6) is 0 Å². The normalized spacial score (nSPS) is 19.3. The zero-order valence-corrected chi connectivity index (χ0v) is 10.2. The Kier molecular flexibility index (Phi) is 3.14. The van der Waals surface area contributed by atoms with Crippen molar-refractivity contribution in [2.75, 3.05) is 7.11 Å². The van der Waals surface area contributed by atoms with E-state index < -0.39 is 5.60 Å². The van der Waals surface area contributed by atoms with Crippen LogP contribution in [0.4, 0.5) is 0 Å². The first-order valence-corrected chi connectivity index (χ1v) is 6.23. The predicted octanol–water partition coefficient (Wildman–Crippen LogP) is 3.54. The van der Waals surface area contributed by atoms with E-state index in [2.05, 4.69) is 0 Å². The van der Waals surface area contributed by atoms with Gasteiger partial charge in [-0.05, 0) is 37.8 Å². The van der Waals surface area contributed by atoms with E-state index in [9.17, 15) is 4.79 Å². The molecular formula is C11H13ClO2S. The van der Waals surface area contributed by atoms with Gasteiger partial charge >= 0.3 is 0 Å². The zero-order chi connectivity index (χ0) is 10.9. The number of ketones is 1. The number of hydrogen-bond acceptors (Lipinski definition) is 3. The Morgan fingerprint density at radius 3 is 2.60 bits per heavy atom. The molecule has 2 rings (SSSR count). The molecule has 1 aromatic heterocycles. The van der Waals surface area contributed by atoms with Gasteiger partial charge in [-0.1, -0.05) is 11.6 Å². The fourth-order valence-corrected chi connectivity index (χ4v) is 3.20. The molecule has 0 atom stereocenters. The van der Waals surface area contributed by atoms with E-state index in [1.165, 1.54) is 11.3 Å². The van der Waals surface area contributed by atoms with Crippen molar-refractivity contribution in [2.24, 2.45) is 0 Å². The molecule has 0 spiro atoms. The lowest BCUT2D eigenvalue weighted by atomic mass is 9.95. The Balaban J connectivity index is 2.26. The number of thiophene rings is 1. The molecular weight excluding hydrogens is 232 g/mol. The fraction of sp³-hybridized carbons (Fsp3) is 0.545. The summed E-state index contributed by atoms with van der Waals surface area (Å²) in [6.45, 7) is 0. The number of carbonyl (C=O) groups excluding carboxylic acids is 1. The average Bonchev–Trinajstić information content (AvgIpc) is 2.86. The molecule has 0 aromatic carbocycles. The lowest BCUT2D eigenvalue weighted by Gasteiger charge is -2.24. The summed E-state index contributed by atoms with van der Waals surface area (Å²) < 4.78 is 6.09. The van der Waals surface area contributed by atoms with E-state index >= 15 is 0 Å². The van der Waals surface area contributed by atoms with Crippen LogP contribution in [0.3, 0.4) is 0 Å². The van der Waals surface area contributed by atoms with Crippen LogP contribution in [0.2, 0.25) is 4.34 Å². The lowest BCUT2D eigenvalue weighted by Crippen LogP contribution is -2.37. The van der Waals surface area contributed by atoms with Crippen LogP contribution in [0.25, 0.3) is 0 Å². The molecule has 0 N–H and O–H groups in total. The highest BCUT2D eigenvalue weighted by Gasteiger charge is 2.42. The van der Waals surface area contributed by atoms with E-state index in [4.69, 9.17) is 16.3 Å². The van der Waals surface area contributed by atoms with Crippen molar-refractivity contribution in [1.29, 1.82) is 0 Å². The van der Waals surface area contributed by atoms with E-state index in [1.54, 1.807) is 19.2 Å². The number of halogens is 1. The monoisotopic (exact) mass is 244 g/mol. The molecule has 0 saturated heterocycles. The summed E-state index contributed by atoms with van der Waals surface area (Å²) >= 11 is 7.16. The van der Waals surface area contributed by atoms with Crippen molar-refractivity contribution in [1.82, 2.24) is 0 Å². The summed E-state index contributed by atoms with van der Waals surface area (Å²) in [4.78, 5) is 13.0. The molecule has 4 heteroatoms. The molecule has 15 heavy (non-hydrogen) atoms. The Labute approximate surface area is 98.2 Å². The van der Waals surface area contributed by atoms with Gasteiger partial charge in [-0.3, -0.25) is 4.79 Å². The third-order valence-corrected chi connectivity index (χ3v) is 4.24. The second kappa shape index (κ2) is 4.24. The van der Waals surface area contributed by atoms with Gasteiger partial charge in [0.2, 0.25) is 5.78 Å². The van der Waals surface area contributed by atoms with E-state index in [1.807, 2.05) is 0 Å². The predicted molar refractivity (Wildman–Crippen MR) is 61.9 cm³/mol. The maximum atomic E-state index is 12.2. The number of ether oxygens (including phenoxy) is 1. The summed E-state index contributed by atoms with van der Waals surface area (Å²) in [6, 6.07) is 3.55. The molecule has 0 radical (unpaired) electrons. The van der Waals surface area contributed by atoms with Gasteiger partial charge in [0.25, 0.3) is 0 Å². The molecule has 0 unspecified atom stereocenters. The van der Waals surface area contributed by atoms with Crippen LogP contribution in [-0.4, -0.2) is 18.5 Å². The van der Waals surface area contributed by atoms with Gasteiger partial charge < -0.3 is 4.74 Å². The molecule has 1 aliphatic rings. The number of methoxy groups -OCH3 is 1. The number of rotatable bonds is 3. The first-order chi connectivity index (χ1) is 7.18. The van der Waals surface area contributed by atoms with E-state index in [-0.39, 0.29) is 5.78 Å². The van der Waals surface area contributed by atoms with Gasteiger partial charge in [0, 0.05) is 7.11 Å². The van der Waals surface area contributed by atoms with Crippen molar-refractivity contribution < 1.29 is 9.53 Å². The van der Waals surface area contributed by atoms with Gasteiger partial charge in [0.05, 0.1) is 9.21 Å². The van der Waals surface area contributed by atoms with Gasteiger partial charge in [-0.2, -0.15) is 0 Å². The van der Waals surface area contributed by atoms with Crippen LogP contribution in [0.1, 0.15) is 35.4 Å². The highest BCUT2D eigenvalue weighted by Crippen LogP contribution is 2.37. The maximum Gasteiger partial charge on any atom is 0.204 e. The van der Waals surface area contributed by atoms with Gasteiger partial charge in [0.15, 0.2) is 0 Å². The lowest BCUT2D eigenvalue weighted by molar-refractivity contribution is 0.00639. The standard InChI is InChI=1S/C11H13ClO2S/c1-14-11(6-2-3-7-11)10(13)8-4-5-9(12)15-8/h4-5H,2-3,6-7H2,1H3. The first-order valence-electron chi connectivity index (χ1n) is 5.03. The minimum absolute atomic E-state index is 0.0967. The van der Waals surface area contributed by atoms with Crippen molar-refractivity contribution in [3.05, 3.63) is 21.3 Å². The molecule has 1 fully saturated rings. The fourth-order valence-electron chi connectivity index (χ4n) is 2.13. The number of carbonyl (C=O) groups is 1. The Morgan fingerprint density at radius 1 is 1.47 bits per heavy atom. The van der Waals surface area contributed by atoms with Crippen molar-refractivity contribution in [3.8, 4) is 0 Å². The summed E-state index contributed by atoms with van der Waals surface area (Å²) in [6.07, 6.45) is 3.80. The molecule has 2 nitrogen and oxygen atoms in total. The molecule has 0 bridgehead atoms. The topological polar surface area (TPSA) is 26.3 Å². The quantitative estimate of drug-likeness (QED) is 0.761. The van der Waals surface area contributed by atoms with E-state index in [0.29, 0.717) is 9.21 Å². The largest absolute Gasteiger partial charge is 0.370 e. The summed E-state index contributed by atoms with van der Waals surface area (Å²) in [5.74, 6) is 0.0967. The number of hydrogen-bond donors (Lipinski definition) is 0. The van der Waals surface area contributed by atoms with Crippen molar-refractivity contribution in [2.45, 2.75) is 31.3 Å². The third kappa shape index (κ3) is 1.96. The summed E-state index contributed by atoms with van der Waals surface area (Å²) in [7, 11) is 1.62. The van der Waals surface area contributed by atoms with Crippen LogP contribution in [-0.2, 0) is 4.74 Å². The Hall–Kier alpha value is -0.380. The summed E-state index contributed by atoms with van der Waals surface area (Å²) in [5, 5.41) is 0. The number of Topliss-reactive ketones (excluding diaryl/α,β-unsaturated/α-hetero) is 1. The molecule has 0 amide bonds.